The summed E-state index contributed by atoms with van der Waals surface area (Å²) in [6, 6.07) is 0. The number of hydrogen-bond donors (Lipinski definition) is 1. The molecule has 6 heteroatoms. The van der Waals surface area contributed by atoms with Crippen LogP contribution in [0.5, 0.6) is 0 Å². The van der Waals surface area contributed by atoms with Crippen LogP contribution in [0, 0.1) is 6.92 Å². The van der Waals surface area contributed by atoms with E-state index < -0.39 is 5.97 Å². The number of rotatable bonds is 6. The van der Waals surface area contributed by atoms with Crippen LogP contribution in [-0.4, -0.2) is 35.8 Å². The lowest BCUT2D eigenvalue weighted by atomic mass is 10.2. The Morgan fingerprint density at radius 2 is 2.00 bits per heavy atom. The van der Waals surface area contributed by atoms with Gasteiger partial charge in [-0.25, -0.2) is 14.8 Å². The quantitative estimate of drug-likeness (QED) is 0.604. The summed E-state index contributed by atoms with van der Waals surface area (Å²) in [5.74, 6) is 0.253. The predicted molar refractivity (Wildman–Crippen MR) is 67.3 cm³/mol. The number of nitrogens with two attached hydrogens (primary N) is 1. The Bertz CT molecular complexity index is 398. The van der Waals surface area contributed by atoms with E-state index in [-0.39, 0.29) is 11.4 Å². The number of hydrogen-bond acceptors (Lipinski definition) is 6. The van der Waals surface area contributed by atoms with Crippen LogP contribution in [0.25, 0.3) is 0 Å². The zero-order valence-electron chi connectivity index (χ0n) is 11.0. The molecule has 0 saturated carbocycles. The van der Waals surface area contributed by atoms with Crippen LogP contribution in [-0.2, 0) is 15.9 Å². The molecule has 0 aliphatic rings. The summed E-state index contributed by atoms with van der Waals surface area (Å²) in [6.45, 7) is 6.85. The average Bonchev–Trinajstić information content (AvgIpc) is 2.28. The fourth-order valence-corrected chi connectivity index (χ4v) is 1.53. The minimum absolute atomic E-state index is 0.160. The zero-order valence-corrected chi connectivity index (χ0v) is 11.0. The van der Waals surface area contributed by atoms with Crippen molar-refractivity contribution in [3.05, 3.63) is 17.1 Å². The largest absolute Gasteiger partial charge is 0.462 e. The lowest BCUT2D eigenvalue weighted by molar-refractivity contribution is 0.0525. The minimum Gasteiger partial charge on any atom is -0.462 e. The molecule has 18 heavy (non-hydrogen) atoms. The van der Waals surface area contributed by atoms with Crippen molar-refractivity contribution in [1.29, 1.82) is 0 Å². The van der Waals surface area contributed by atoms with E-state index in [4.69, 9.17) is 15.2 Å². The monoisotopic (exact) mass is 253 g/mol. The standard InChI is InChI=1S/C12H19N3O3/c1-4-17-7-6-9-14-8(3)10(11(13)15-9)12(16)18-5-2/h4-7H2,1-3H3,(H2,13,14,15). The maximum Gasteiger partial charge on any atom is 0.343 e. The van der Waals surface area contributed by atoms with E-state index in [2.05, 4.69) is 9.97 Å². The van der Waals surface area contributed by atoms with Crippen LogP contribution in [0.3, 0.4) is 0 Å². The molecule has 0 spiro atoms. The number of carbonyl (C=O) groups is 1. The molecule has 0 aliphatic heterocycles. The number of esters is 1. The maximum absolute atomic E-state index is 11.7. The van der Waals surface area contributed by atoms with Gasteiger partial charge in [-0.05, 0) is 20.8 Å². The normalized spacial score (nSPS) is 10.4. The van der Waals surface area contributed by atoms with E-state index >= 15 is 0 Å². The topological polar surface area (TPSA) is 87.3 Å². The number of nitrogen functional groups attached to an aromatic ring is 1. The second kappa shape index (κ2) is 6.90. The number of ether oxygens (including phenoxy) is 2. The molecule has 1 aromatic heterocycles. The highest BCUT2D eigenvalue weighted by Gasteiger charge is 2.17. The van der Waals surface area contributed by atoms with E-state index in [1.54, 1.807) is 13.8 Å². The van der Waals surface area contributed by atoms with Gasteiger partial charge in [0.1, 0.15) is 17.2 Å². The number of aryl methyl sites for hydroxylation is 1. The van der Waals surface area contributed by atoms with Gasteiger partial charge in [0.25, 0.3) is 0 Å². The number of carbonyl (C=O) groups excluding carboxylic acids is 1. The Morgan fingerprint density at radius 1 is 1.28 bits per heavy atom. The van der Waals surface area contributed by atoms with Gasteiger partial charge in [-0.2, -0.15) is 0 Å². The molecular formula is C12H19N3O3. The predicted octanol–water partition coefficient (Wildman–Crippen LogP) is 1.12. The molecule has 0 aliphatic carbocycles. The third kappa shape index (κ3) is 3.66. The SMILES string of the molecule is CCOCCc1nc(C)c(C(=O)OCC)c(N)n1. The van der Waals surface area contributed by atoms with Gasteiger partial charge in [-0.1, -0.05) is 0 Å². The molecule has 0 unspecified atom stereocenters. The van der Waals surface area contributed by atoms with Crippen molar-refractivity contribution >= 4 is 11.8 Å². The van der Waals surface area contributed by atoms with E-state index in [0.717, 1.165) is 0 Å². The second-order valence-electron chi connectivity index (χ2n) is 3.65. The summed E-state index contributed by atoms with van der Waals surface area (Å²) in [4.78, 5) is 20.0. The Kier molecular flexibility index (Phi) is 5.51. The lowest BCUT2D eigenvalue weighted by Gasteiger charge is -2.09. The van der Waals surface area contributed by atoms with E-state index in [1.165, 1.54) is 0 Å². The second-order valence-corrected chi connectivity index (χ2v) is 3.65. The Balaban J connectivity index is 2.87. The van der Waals surface area contributed by atoms with Crippen molar-refractivity contribution in [3.8, 4) is 0 Å². The van der Waals surface area contributed by atoms with Gasteiger partial charge in [0, 0.05) is 13.0 Å². The smallest absolute Gasteiger partial charge is 0.343 e. The Hall–Kier alpha value is -1.69. The van der Waals surface area contributed by atoms with Crippen LogP contribution >= 0.6 is 0 Å². The molecule has 2 N–H and O–H groups in total. The highest BCUT2D eigenvalue weighted by Crippen LogP contribution is 2.14. The van der Waals surface area contributed by atoms with Crippen LogP contribution in [0.15, 0.2) is 0 Å². The van der Waals surface area contributed by atoms with Gasteiger partial charge in [0.15, 0.2) is 0 Å². The molecule has 0 atom stereocenters. The van der Waals surface area contributed by atoms with Crippen LogP contribution in [0.2, 0.25) is 0 Å². The number of aromatic nitrogens is 2. The molecule has 0 bridgehead atoms. The van der Waals surface area contributed by atoms with Gasteiger partial charge in [-0.3, -0.25) is 0 Å². The summed E-state index contributed by atoms with van der Waals surface area (Å²) in [6.07, 6.45) is 0.571. The molecule has 0 fully saturated rings. The van der Waals surface area contributed by atoms with E-state index in [9.17, 15) is 4.79 Å². The van der Waals surface area contributed by atoms with Crippen molar-refractivity contribution in [2.24, 2.45) is 0 Å². The molecule has 0 aromatic carbocycles. The minimum atomic E-state index is -0.483. The van der Waals surface area contributed by atoms with E-state index in [0.29, 0.717) is 37.8 Å². The van der Waals surface area contributed by atoms with Crippen molar-refractivity contribution in [3.63, 3.8) is 0 Å². The summed E-state index contributed by atoms with van der Waals surface area (Å²) >= 11 is 0. The molecule has 1 heterocycles. The summed E-state index contributed by atoms with van der Waals surface area (Å²) in [5, 5.41) is 0. The fraction of sp³-hybridized carbons (Fsp3) is 0.583. The van der Waals surface area contributed by atoms with E-state index in [1.807, 2.05) is 6.92 Å². The van der Waals surface area contributed by atoms with Gasteiger partial charge in [0.05, 0.1) is 18.9 Å². The van der Waals surface area contributed by atoms with Gasteiger partial charge < -0.3 is 15.2 Å². The van der Waals surface area contributed by atoms with Crippen molar-refractivity contribution in [1.82, 2.24) is 9.97 Å². The summed E-state index contributed by atoms with van der Waals surface area (Å²) < 4.78 is 10.1. The van der Waals surface area contributed by atoms with Gasteiger partial charge in [0.2, 0.25) is 0 Å². The molecule has 100 valence electrons. The Labute approximate surface area is 107 Å². The van der Waals surface area contributed by atoms with Gasteiger partial charge >= 0.3 is 5.97 Å². The Morgan fingerprint density at radius 3 is 2.56 bits per heavy atom. The van der Waals surface area contributed by atoms with Crippen LogP contribution in [0.4, 0.5) is 5.82 Å². The maximum atomic E-state index is 11.7. The molecule has 1 aromatic rings. The molecule has 1 rings (SSSR count). The third-order valence-corrected chi connectivity index (χ3v) is 2.32. The van der Waals surface area contributed by atoms with Crippen molar-refractivity contribution in [2.45, 2.75) is 27.2 Å². The average molecular weight is 253 g/mol. The third-order valence-electron chi connectivity index (χ3n) is 2.32. The first-order chi connectivity index (χ1) is 8.60. The van der Waals surface area contributed by atoms with Gasteiger partial charge in [-0.15, -0.1) is 0 Å². The number of nitrogens with zero attached hydrogens (tertiary/aromatic N) is 2. The number of anilines is 1. The summed E-state index contributed by atoms with van der Waals surface area (Å²) in [5.41, 5.74) is 6.55. The molecule has 6 nitrogen and oxygen atoms in total. The first-order valence-corrected chi connectivity index (χ1v) is 5.98. The first-order valence-electron chi connectivity index (χ1n) is 5.98. The molecule has 0 saturated heterocycles. The van der Waals surface area contributed by atoms with Crippen molar-refractivity contribution in [2.75, 3.05) is 25.6 Å². The fourth-order valence-electron chi connectivity index (χ4n) is 1.53. The first kappa shape index (κ1) is 14.4. The highest BCUT2D eigenvalue weighted by atomic mass is 16.5. The van der Waals surface area contributed by atoms with Crippen LogP contribution in [0.1, 0.15) is 35.7 Å². The lowest BCUT2D eigenvalue weighted by Crippen LogP contribution is -2.15. The summed E-state index contributed by atoms with van der Waals surface area (Å²) in [7, 11) is 0. The molecule has 0 amide bonds. The molecule has 0 radical (unpaired) electrons. The van der Waals surface area contributed by atoms with Crippen LogP contribution < -0.4 is 5.73 Å². The highest BCUT2D eigenvalue weighted by molar-refractivity contribution is 5.95. The zero-order chi connectivity index (χ0) is 13.5. The molecular weight excluding hydrogens is 234 g/mol. The van der Waals surface area contributed by atoms with Crippen molar-refractivity contribution < 1.29 is 14.3 Å².